The van der Waals surface area contributed by atoms with Gasteiger partial charge in [-0.05, 0) is 11.6 Å². The van der Waals surface area contributed by atoms with Gasteiger partial charge in [-0.15, -0.1) is 0 Å². The first-order chi connectivity index (χ1) is 10.2. The lowest BCUT2D eigenvalue weighted by molar-refractivity contribution is 0.178. The van der Waals surface area contributed by atoms with Gasteiger partial charge in [-0.3, -0.25) is 0 Å². The van der Waals surface area contributed by atoms with E-state index in [1.165, 1.54) is 0 Å². The van der Waals surface area contributed by atoms with Crippen LogP contribution in [-0.2, 0) is 17.9 Å². The van der Waals surface area contributed by atoms with Gasteiger partial charge in [-0.2, -0.15) is 0 Å². The Morgan fingerprint density at radius 2 is 2.00 bits per heavy atom. The minimum atomic E-state index is 0.313. The molecule has 0 saturated carbocycles. The molecule has 0 amide bonds. The Bertz CT molecular complexity index is 593. The summed E-state index contributed by atoms with van der Waals surface area (Å²) >= 11 is 0. The summed E-state index contributed by atoms with van der Waals surface area (Å²) in [5, 5.41) is 3.20. The number of nitrogens with two attached hydrogens (primary N) is 1. The second kappa shape index (κ2) is 7.36. The number of methoxy groups -OCH3 is 2. The summed E-state index contributed by atoms with van der Waals surface area (Å²) in [7, 11) is 3.17. The van der Waals surface area contributed by atoms with Crippen molar-refractivity contribution in [2.45, 2.75) is 13.2 Å². The van der Waals surface area contributed by atoms with Crippen LogP contribution in [0.15, 0.2) is 24.4 Å². The Hall–Kier alpha value is -2.45. The Morgan fingerprint density at radius 3 is 2.71 bits per heavy atom. The highest BCUT2D eigenvalue weighted by Gasteiger charge is 2.04. The highest BCUT2D eigenvalue weighted by atomic mass is 16.5. The van der Waals surface area contributed by atoms with Crippen molar-refractivity contribution in [3.8, 4) is 5.88 Å². The van der Waals surface area contributed by atoms with Crippen LogP contribution in [0, 0.1) is 0 Å². The Kier molecular flexibility index (Phi) is 5.24. The number of aromatic nitrogens is 3. The van der Waals surface area contributed by atoms with Crippen LogP contribution in [0.25, 0.3) is 0 Å². The summed E-state index contributed by atoms with van der Waals surface area (Å²) < 4.78 is 10.1. The summed E-state index contributed by atoms with van der Waals surface area (Å²) in [5.41, 5.74) is 3.53. The highest BCUT2D eigenvalue weighted by molar-refractivity contribution is 5.47. The largest absolute Gasteiger partial charge is 0.481 e. The molecule has 0 radical (unpaired) electrons. The standard InChI is InChI=1S/C13H18N6O2/c1-20-8-12-17-10(6-11(18-12)19-14)16-7-9-3-4-15-13(5-9)21-2/h3-6H,7-8,14H2,1-2H3,(H2,16,17,18,19). The molecule has 0 bridgehead atoms. The number of pyridine rings is 1. The van der Waals surface area contributed by atoms with E-state index in [1.54, 1.807) is 26.5 Å². The van der Waals surface area contributed by atoms with E-state index in [-0.39, 0.29) is 0 Å². The van der Waals surface area contributed by atoms with Crippen LogP contribution >= 0.6 is 0 Å². The normalized spacial score (nSPS) is 10.2. The van der Waals surface area contributed by atoms with Crippen LogP contribution in [0.1, 0.15) is 11.4 Å². The third-order valence-electron chi connectivity index (χ3n) is 2.68. The summed E-state index contributed by atoms with van der Waals surface area (Å²) in [6, 6.07) is 5.47. The van der Waals surface area contributed by atoms with E-state index < -0.39 is 0 Å². The molecule has 112 valence electrons. The highest BCUT2D eigenvalue weighted by Crippen LogP contribution is 2.14. The van der Waals surface area contributed by atoms with Crippen molar-refractivity contribution < 1.29 is 9.47 Å². The predicted molar refractivity (Wildman–Crippen MR) is 78.7 cm³/mol. The molecule has 0 aliphatic carbocycles. The molecule has 0 aliphatic rings. The van der Waals surface area contributed by atoms with Crippen LogP contribution in [0.2, 0.25) is 0 Å². The zero-order valence-electron chi connectivity index (χ0n) is 12.0. The van der Waals surface area contributed by atoms with Gasteiger partial charge in [-0.1, -0.05) is 0 Å². The first kappa shape index (κ1) is 14.9. The molecule has 0 aromatic carbocycles. The third-order valence-corrected chi connectivity index (χ3v) is 2.68. The average molecular weight is 290 g/mol. The number of rotatable bonds is 7. The molecule has 2 aromatic heterocycles. The number of nitrogens with zero attached hydrogens (tertiary/aromatic N) is 3. The van der Waals surface area contributed by atoms with E-state index in [4.69, 9.17) is 15.3 Å². The minimum absolute atomic E-state index is 0.313. The fourth-order valence-electron chi connectivity index (χ4n) is 1.72. The minimum Gasteiger partial charge on any atom is -0.481 e. The fraction of sp³-hybridized carbons (Fsp3) is 0.308. The van der Waals surface area contributed by atoms with Crippen molar-refractivity contribution in [1.82, 2.24) is 15.0 Å². The number of nitrogen functional groups attached to an aromatic ring is 1. The second-order valence-electron chi connectivity index (χ2n) is 4.19. The van der Waals surface area contributed by atoms with Crippen molar-refractivity contribution >= 4 is 11.6 Å². The molecule has 0 unspecified atom stereocenters. The van der Waals surface area contributed by atoms with Crippen LogP contribution in [0.5, 0.6) is 5.88 Å². The van der Waals surface area contributed by atoms with Crippen molar-refractivity contribution in [2.75, 3.05) is 25.0 Å². The van der Waals surface area contributed by atoms with E-state index in [2.05, 4.69) is 25.7 Å². The fourth-order valence-corrected chi connectivity index (χ4v) is 1.72. The van der Waals surface area contributed by atoms with Gasteiger partial charge in [0.2, 0.25) is 5.88 Å². The first-order valence-corrected chi connectivity index (χ1v) is 6.31. The number of nitrogens with one attached hydrogen (secondary N) is 2. The van der Waals surface area contributed by atoms with Crippen LogP contribution in [-0.4, -0.2) is 29.2 Å². The van der Waals surface area contributed by atoms with Gasteiger partial charge < -0.3 is 20.2 Å². The molecule has 0 saturated heterocycles. The van der Waals surface area contributed by atoms with Gasteiger partial charge in [0.25, 0.3) is 0 Å². The monoisotopic (exact) mass is 290 g/mol. The number of hydrogen-bond donors (Lipinski definition) is 3. The zero-order valence-corrected chi connectivity index (χ0v) is 12.0. The Morgan fingerprint density at radius 1 is 1.19 bits per heavy atom. The van der Waals surface area contributed by atoms with Crippen molar-refractivity contribution in [3.05, 3.63) is 35.8 Å². The molecule has 21 heavy (non-hydrogen) atoms. The second-order valence-corrected chi connectivity index (χ2v) is 4.19. The van der Waals surface area contributed by atoms with Gasteiger partial charge in [0.1, 0.15) is 18.2 Å². The summed E-state index contributed by atoms with van der Waals surface area (Å²) in [6.45, 7) is 0.888. The predicted octanol–water partition coefficient (Wildman–Crippen LogP) is 0.924. The van der Waals surface area contributed by atoms with Gasteiger partial charge in [0.15, 0.2) is 5.82 Å². The molecule has 2 aromatic rings. The number of hydrazine groups is 1. The molecule has 2 rings (SSSR count). The maximum absolute atomic E-state index is 5.40. The molecular formula is C13H18N6O2. The summed E-state index contributed by atoms with van der Waals surface area (Å²) in [4.78, 5) is 12.6. The Balaban J connectivity index is 2.09. The first-order valence-electron chi connectivity index (χ1n) is 6.31. The van der Waals surface area contributed by atoms with Gasteiger partial charge in [-0.25, -0.2) is 20.8 Å². The zero-order chi connectivity index (χ0) is 15.1. The summed E-state index contributed by atoms with van der Waals surface area (Å²) in [6.07, 6.45) is 1.69. The lowest BCUT2D eigenvalue weighted by atomic mass is 10.2. The van der Waals surface area contributed by atoms with Gasteiger partial charge in [0.05, 0.1) is 7.11 Å². The van der Waals surface area contributed by atoms with Crippen molar-refractivity contribution in [1.29, 1.82) is 0 Å². The lowest BCUT2D eigenvalue weighted by Crippen LogP contribution is -2.12. The molecule has 0 atom stereocenters. The van der Waals surface area contributed by atoms with E-state index >= 15 is 0 Å². The lowest BCUT2D eigenvalue weighted by Gasteiger charge is -2.10. The smallest absolute Gasteiger partial charge is 0.213 e. The van der Waals surface area contributed by atoms with Crippen molar-refractivity contribution in [2.24, 2.45) is 5.84 Å². The topological polar surface area (TPSA) is 107 Å². The van der Waals surface area contributed by atoms with E-state index in [0.717, 1.165) is 5.56 Å². The number of anilines is 2. The Labute approximate surface area is 122 Å². The number of hydrogen-bond acceptors (Lipinski definition) is 8. The molecule has 0 aliphatic heterocycles. The van der Waals surface area contributed by atoms with Gasteiger partial charge >= 0.3 is 0 Å². The van der Waals surface area contributed by atoms with Crippen molar-refractivity contribution in [3.63, 3.8) is 0 Å². The summed E-state index contributed by atoms with van der Waals surface area (Å²) in [5.74, 6) is 7.68. The maximum Gasteiger partial charge on any atom is 0.213 e. The SMILES string of the molecule is COCc1nc(NN)cc(NCc2ccnc(OC)c2)n1. The number of ether oxygens (including phenoxy) is 2. The molecule has 8 heteroatoms. The van der Waals surface area contributed by atoms with E-state index in [0.29, 0.717) is 36.5 Å². The van der Waals surface area contributed by atoms with E-state index in [9.17, 15) is 0 Å². The van der Waals surface area contributed by atoms with Crippen LogP contribution in [0.3, 0.4) is 0 Å². The molecule has 0 spiro atoms. The molecular weight excluding hydrogens is 272 g/mol. The average Bonchev–Trinajstić information content (AvgIpc) is 2.53. The maximum atomic E-state index is 5.40. The van der Waals surface area contributed by atoms with E-state index in [1.807, 2.05) is 12.1 Å². The van der Waals surface area contributed by atoms with Crippen LogP contribution in [0.4, 0.5) is 11.6 Å². The molecule has 4 N–H and O–H groups in total. The van der Waals surface area contributed by atoms with Crippen LogP contribution < -0.4 is 21.3 Å². The third kappa shape index (κ3) is 4.26. The molecule has 2 heterocycles. The molecule has 0 fully saturated rings. The molecule has 8 nitrogen and oxygen atoms in total. The van der Waals surface area contributed by atoms with Gasteiger partial charge in [0, 0.05) is 32.0 Å². The quantitative estimate of drug-likeness (QED) is 0.510.